The largest absolute Gasteiger partial charge is 0.388 e. The summed E-state index contributed by atoms with van der Waals surface area (Å²) in [6.45, 7) is 7.46. The molecule has 0 radical (unpaired) electrons. The molecule has 106 valence electrons. The van der Waals surface area contributed by atoms with Gasteiger partial charge in [0.15, 0.2) is 0 Å². The Bertz CT molecular complexity index is 579. The van der Waals surface area contributed by atoms with Crippen LogP contribution in [0, 0.1) is 19.7 Å². The molecule has 1 atom stereocenters. The van der Waals surface area contributed by atoms with Gasteiger partial charge >= 0.3 is 0 Å². The molecule has 0 amide bonds. The van der Waals surface area contributed by atoms with Crippen molar-refractivity contribution in [2.24, 2.45) is 0 Å². The molecule has 0 aromatic heterocycles. The van der Waals surface area contributed by atoms with Crippen LogP contribution in [0.15, 0.2) is 42.5 Å². The Labute approximate surface area is 120 Å². The number of aliphatic hydroxyl groups excluding tert-OH is 1. The van der Waals surface area contributed by atoms with Crippen molar-refractivity contribution in [3.63, 3.8) is 0 Å². The van der Waals surface area contributed by atoms with Gasteiger partial charge in [-0.3, -0.25) is 0 Å². The van der Waals surface area contributed by atoms with E-state index in [2.05, 4.69) is 0 Å². The van der Waals surface area contributed by atoms with Crippen LogP contribution in [0.3, 0.4) is 0 Å². The molecule has 0 aliphatic rings. The summed E-state index contributed by atoms with van der Waals surface area (Å²) in [5.74, 6) is -0.196. The van der Waals surface area contributed by atoms with Crippen molar-refractivity contribution in [2.45, 2.75) is 39.2 Å². The van der Waals surface area contributed by atoms with Gasteiger partial charge in [0.05, 0.1) is 6.10 Å². The zero-order valence-electron chi connectivity index (χ0n) is 12.4. The van der Waals surface area contributed by atoms with Gasteiger partial charge < -0.3 is 5.11 Å². The van der Waals surface area contributed by atoms with Crippen LogP contribution in [0.5, 0.6) is 0 Å². The zero-order chi connectivity index (χ0) is 14.9. The lowest BCUT2D eigenvalue weighted by Crippen LogP contribution is -2.27. The lowest BCUT2D eigenvalue weighted by molar-refractivity contribution is 0.100. The van der Waals surface area contributed by atoms with Crippen molar-refractivity contribution in [2.75, 3.05) is 0 Å². The smallest absolute Gasteiger partial charge is 0.129 e. The summed E-state index contributed by atoms with van der Waals surface area (Å²) >= 11 is 0. The highest BCUT2D eigenvalue weighted by Crippen LogP contribution is 2.37. The van der Waals surface area contributed by atoms with Crippen LogP contribution in [0.1, 0.15) is 42.2 Å². The number of hydrogen-bond acceptors (Lipinski definition) is 1. The van der Waals surface area contributed by atoms with Crippen LogP contribution >= 0.6 is 0 Å². The number of rotatable bonds is 3. The Balaban J connectivity index is 2.43. The molecule has 2 aromatic rings. The maximum atomic E-state index is 13.7. The van der Waals surface area contributed by atoms with Crippen LogP contribution in [-0.2, 0) is 5.41 Å². The van der Waals surface area contributed by atoms with Crippen LogP contribution < -0.4 is 0 Å². The number of halogens is 1. The van der Waals surface area contributed by atoms with Crippen molar-refractivity contribution in [1.82, 2.24) is 0 Å². The third kappa shape index (κ3) is 2.61. The highest BCUT2D eigenvalue weighted by molar-refractivity contribution is 5.36. The molecule has 0 bridgehead atoms. The van der Waals surface area contributed by atoms with Crippen molar-refractivity contribution in [3.05, 3.63) is 70.5 Å². The normalized spacial score (nSPS) is 13.3. The van der Waals surface area contributed by atoms with Crippen LogP contribution in [-0.4, -0.2) is 5.11 Å². The second kappa shape index (κ2) is 5.37. The fourth-order valence-electron chi connectivity index (χ4n) is 2.58. The first-order chi connectivity index (χ1) is 9.34. The van der Waals surface area contributed by atoms with E-state index in [0.717, 1.165) is 11.1 Å². The molecule has 20 heavy (non-hydrogen) atoms. The Hall–Kier alpha value is -1.67. The maximum Gasteiger partial charge on any atom is 0.129 e. The molecular weight excluding hydrogens is 251 g/mol. The molecule has 1 N–H and O–H groups in total. The van der Waals surface area contributed by atoms with E-state index in [1.807, 2.05) is 44.2 Å². The lowest BCUT2D eigenvalue weighted by atomic mass is 9.76. The van der Waals surface area contributed by atoms with Gasteiger partial charge in [-0.25, -0.2) is 4.39 Å². The molecule has 0 aliphatic heterocycles. The Morgan fingerprint density at radius 2 is 1.50 bits per heavy atom. The predicted molar refractivity (Wildman–Crippen MR) is 80.3 cm³/mol. The summed E-state index contributed by atoms with van der Waals surface area (Å²) < 4.78 is 13.7. The summed E-state index contributed by atoms with van der Waals surface area (Å²) in [6, 6.07) is 13.4. The molecule has 2 aromatic carbocycles. The Morgan fingerprint density at radius 3 is 2.00 bits per heavy atom. The van der Waals surface area contributed by atoms with Gasteiger partial charge in [0.2, 0.25) is 0 Å². The highest BCUT2D eigenvalue weighted by Gasteiger charge is 2.31. The first kappa shape index (κ1) is 14.7. The molecule has 0 saturated heterocycles. The number of benzene rings is 2. The van der Waals surface area contributed by atoms with E-state index in [9.17, 15) is 9.50 Å². The van der Waals surface area contributed by atoms with Gasteiger partial charge in [0.1, 0.15) is 5.82 Å². The van der Waals surface area contributed by atoms with E-state index in [4.69, 9.17) is 0 Å². The topological polar surface area (TPSA) is 20.2 Å². The van der Waals surface area contributed by atoms with Gasteiger partial charge in [-0.2, -0.15) is 0 Å². The second-order valence-electron chi connectivity index (χ2n) is 5.96. The standard InChI is InChI=1S/C18H21FO/c1-12-10-14(11-13(2)16(12)19)17(20)18(3,4)15-8-6-5-7-9-15/h5-11,17,20H,1-4H3. The van der Waals surface area contributed by atoms with E-state index in [1.165, 1.54) is 0 Å². The third-order valence-corrected chi connectivity index (χ3v) is 3.98. The minimum atomic E-state index is -0.678. The first-order valence-corrected chi connectivity index (χ1v) is 6.84. The molecule has 2 rings (SSSR count). The van der Waals surface area contributed by atoms with Gasteiger partial charge in [-0.1, -0.05) is 56.3 Å². The lowest BCUT2D eigenvalue weighted by Gasteiger charge is -2.32. The van der Waals surface area contributed by atoms with Crippen molar-refractivity contribution >= 4 is 0 Å². The van der Waals surface area contributed by atoms with Crippen LogP contribution in [0.4, 0.5) is 4.39 Å². The molecule has 2 heteroatoms. The monoisotopic (exact) mass is 272 g/mol. The van der Waals surface area contributed by atoms with Crippen LogP contribution in [0.2, 0.25) is 0 Å². The molecule has 0 heterocycles. The van der Waals surface area contributed by atoms with E-state index in [1.54, 1.807) is 26.0 Å². The van der Waals surface area contributed by atoms with E-state index in [-0.39, 0.29) is 5.82 Å². The van der Waals surface area contributed by atoms with Gasteiger partial charge in [-0.05, 0) is 36.1 Å². The molecule has 0 fully saturated rings. The summed E-state index contributed by atoms with van der Waals surface area (Å²) in [7, 11) is 0. The minimum Gasteiger partial charge on any atom is -0.388 e. The molecule has 1 unspecified atom stereocenters. The van der Waals surface area contributed by atoms with Gasteiger partial charge in [0, 0.05) is 5.41 Å². The SMILES string of the molecule is Cc1cc(C(O)C(C)(C)c2ccccc2)cc(C)c1F. The van der Waals surface area contributed by atoms with Crippen LogP contribution in [0.25, 0.3) is 0 Å². The Morgan fingerprint density at radius 1 is 1.00 bits per heavy atom. The number of hydrogen-bond donors (Lipinski definition) is 1. The van der Waals surface area contributed by atoms with Crippen molar-refractivity contribution in [1.29, 1.82) is 0 Å². The molecule has 0 saturated carbocycles. The van der Waals surface area contributed by atoms with Gasteiger partial charge in [0.25, 0.3) is 0 Å². The maximum absolute atomic E-state index is 13.7. The number of aryl methyl sites for hydroxylation is 2. The van der Waals surface area contributed by atoms with Crippen molar-refractivity contribution < 1.29 is 9.50 Å². The quantitative estimate of drug-likeness (QED) is 0.875. The third-order valence-electron chi connectivity index (χ3n) is 3.98. The van der Waals surface area contributed by atoms with E-state index in [0.29, 0.717) is 11.1 Å². The second-order valence-corrected chi connectivity index (χ2v) is 5.96. The molecule has 0 spiro atoms. The summed E-state index contributed by atoms with van der Waals surface area (Å²) in [4.78, 5) is 0. The van der Waals surface area contributed by atoms with Gasteiger partial charge in [-0.15, -0.1) is 0 Å². The van der Waals surface area contributed by atoms with E-state index >= 15 is 0 Å². The average Bonchev–Trinajstić information content (AvgIpc) is 2.44. The Kier molecular flexibility index (Phi) is 3.96. The van der Waals surface area contributed by atoms with Crippen molar-refractivity contribution in [3.8, 4) is 0 Å². The summed E-state index contributed by atoms with van der Waals surface area (Å²) in [5.41, 5.74) is 2.53. The zero-order valence-corrected chi connectivity index (χ0v) is 12.4. The highest BCUT2D eigenvalue weighted by atomic mass is 19.1. The molecular formula is C18H21FO. The number of aliphatic hydroxyl groups is 1. The minimum absolute atomic E-state index is 0.196. The first-order valence-electron chi connectivity index (χ1n) is 6.84. The summed E-state index contributed by atoms with van der Waals surface area (Å²) in [6.07, 6.45) is -0.678. The predicted octanol–water partition coefficient (Wildman–Crippen LogP) is 4.45. The summed E-state index contributed by atoms with van der Waals surface area (Å²) in [5, 5.41) is 10.7. The average molecular weight is 272 g/mol. The fourth-order valence-corrected chi connectivity index (χ4v) is 2.58. The van der Waals surface area contributed by atoms with E-state index < -0.39 is 11.5 Å². The molecule has 0 aliphatic carbocycles. The fraction of sp³-hybridized carbons (Fsp3) is 0.333. The molecule has 1 nitrogen and oxygen atoms in total.